The van der Waals surface area contributed by atoms with Crippen LogP contribution < -0.4 is 15.9 Å². The molecular formula is C15H14F2N6O3S. The first-order valence-corrected chi connectivity index (χ1v) is 8.52. The zero-order valence-corrected chi connectivity index (χ0v) is 14.7. The number of anilines is 1. The molecule has 0 radical (unpaired) electrons. The van der Waals surface area contributed by atoms with E-state index >= 15 is 0 Å². The largest absolute Gasteiger partial charge is 0.435 e. The van der Waals surface area contributed by atoms with Gasteiger partial charge >= 0.3 is 6.61 Å². The average molecular weight is 396 g/mol. The lowest BCUT2D eigenvalue weighted by atomic mass is 10.2. The minimum atomic E-state index is -2.90. The highest BCUT2D eigenvalue weighted by Crippen LogP contribution is 2.24. The number of ether oxygens (including phenoxy) is 1. The lowest BCUT2D eigenvalue weighted by Crippen LogP contribution is -2.16. The first-order chi connectivity index (χ1) is 12.9. The molecule has 0 bridgehead atoms. The average Bonchev–Trinajstić information content (AvgIpc) is 3.19. The number of aromatic nitrogens is 4. The number of nitrogens with one attached hydrogen (secondary N) is 1. The molecule has 0 saturated heterocycles. The molecule has 0 aliphatic rings. The highest BCUT2D eigenvalue weighted by atomic mass is 32.2. The molecule has 3 rings (SSSR count). The number of nitrogen functional groups attached to an aromatic ring is 1. The van der Waals surface area contributed by atoms with Crippen molar-refractivity contribution in [2.45, 2.75) is 18.7 Å². The number of rotatable bonds is 7. The second-order valence-electron chi connectivity index (χ2n) is 5.25. The number of benzene rings is 1. The van der Waals surface area contributed by atoms with Crippen LogP contribution in [0, 0.1) is 6.92 Å². The molecule has 0 aliphatic heterocycles. The lowest BCUT2D eigenvalue weighted by molar-refractivity contribution is -0.113. The molecule has 2 heterocycles. The van der Waals surface area contributed by atoms with Crippen LogP contribution in [0.1, 0.15) is 5.69 Å². The Kier molecular flexibility index (Phi) is 5.54. The van der Waals surface area contributed by atoms with E-state index in [1.807, 2.05) is 0 Å². The van der Waals surface area contributed by atoms with Crippen LogP contribution in [0.4, 0.5) is 14.7 Å². The second kappa shape index (κ2) is 8.03. The molecule has 12 heteroatoms. The van der Waals surface area contributed by atoms with Crippen molar-refractivity contribution in [3.05, 3.63) is 36.0 Å². The Hall–Kier alpha value is -3.15. The summed E-state index contributed by atoms with van der Waals surface area (Å²) in [5.74, 6) is 6.24. The van der Waals surface area contributed by atoms with Gasteiger partial charge in [-0.1, -0.05) is 16.9 Å². The van der Waals surface area contributed by atoms with Crippen molar-refractivity contribution in [2.75, 3.05) is 16.9 Å². The van der Waals surface area contributed by atoms with E-state index < -0.39 is 6.61 Å². The van der Waals surface area contributed by atoms with Gasteiger partial charge in [0.2, 0.25) is 16.9 Å². The van der Waals surface area contributed by atoms with Crippen LogP contribution in [0.25, 0.3) is 11.4 Å². The minimum Gasteiger partial charge on any atom is -0.435 e. The molecule has 2 aromatic heterocycles. The SMILES string of the molecule is Cc1cc(NC(=O)CSc2nnc(-c3ccc(OC(F)F)cc3)n2N)on1. The maximum Gasteiger partial charge on any atom is 0.387 e. The highest BCUT2D eigenvalue weighted by Gasteiger charge is 2.15. The lowest BCUT2D eigenvalue weighted by Gasteiger charge is -2.06. The van der Waals surface area contributed by atoms with Gasteiger partial charge in [-0.05, 0) is 31.2 Å². The topological polar surface area (TPSA) is 121 Å². The molecule has 3 aromatic rings. The predicted molar refractivity (Wildman–Crippen MR) is 92.8 cm³/mol. The van der Waals surface area contributed by atoms with Gasteiger partial charge in [-0.15, -0.1) is 10.2 Å². The van der Waals surface area contributed by atoms with Gasteiger partial charge in [-0.25, -0.2) is 4.68 Å². The van der Waals surface area contributed by atoms with E-state index in [9.17, 15) is 13.6 Å². The molecule has 0 saturated carbocycles. The standard InChI is InChI=1S/C15H14F2N6O3S/c1-8-6-12(26-22-8)19-11(24)7-27-15-21-20-13(23(15)18)9-2-4-10(5-3-9)25-14(16)17/h2-6,14H,7,18H2,1H3,(H,19,24). The molecule has 0 spiro atoms. The zero-order valence-electron chi connectivity index (χ0n) is 13.9. The number of thioether (sulfide) groups is 1. The maximum atomic E-state index is 12.2. The van der Waals surface area contributed by atoms with Crippen molar-refractivity contribution in [3.8, 4) is 17.1 Å². The van der Waals surface area contributed by atoms with Gasteiger partial charge in [-0.3, -0.25) is 10.1 Å². The molecule has 0 fully saturated rings. The fraction of sp³-hybridized carbons (Fsp3) is 0.200. The summed E-state index contributed by atoms with van der Waals surface area (Å²) in [4.78, 5) is 11.9. The molecule has 1 amide bonds. The number of aryl methyl sites for hydroxylation is 1. The van der Waals surface area contributed by atoms with Crippen LogP contribution in [-0.4, -0.2) is 38.3 Å². The Labute approximate surface area is 155 Å². The third-order valence-corrected chi connectivity index (χ3v) is 4.17. The molecular weight excluding hydrogens is 382 g/mol. The first-order valence-electron chi connectivity index (χ1n) is 7.54. The molecule has 142 valence electrons. The van der Waals surface area contributed by atoms with Crippen LogP contribution in [0.5, 0.6) is 5.75 Å². The number of nitrogens with two attached hydrogens (primary N) is 1. The molecule has 9 nitrogen and oxygen atoms in total. The third kappa shape index (κ3) is 4.73. The fourth-order valence-electron chi connectivity index (χ4n) is 2.08. The summed E-state index contributed by atoms with van der Waals surface area (Å²) in [6.45, 7) is -1.16. The monoisotopic (exact) mass is 396 g/mol. The second-order valence-corrected chi connectivity index (χ2v) is 6.19. The van der Waals surface area contributed by atoms with E-state index in [1.165, 1.54) is 28.9 Å². The Bertz CT molecular complexity index is 928. The summed E-state index contributed by atoms with van der Waals surface area (Å²) >= 11 is 1.07. The van der Waals surface area contributed by atoms with Gasteiger partial charge in [0, 0.05) is 11.6 Å². The summed E-state index contributed by atoms with van der Waals surface area (Å²) in [6.07, 6.45) is 0. The van der Waals surface area contributed by atoms with Crippen molar-refractivity contribution in [1.82, 2.24) is 20.0 Å². The number of hydrogen-bond donors (Lipinski definition) is 2. The van der Waals surface area contributed by atoms with E-state index in [2.05, 4.69) is 25.4 Å². The highest BCUT2D eigenvalue weighted by molar-refractivity contribution is 7.99. The Morgan fingerprint density at radius 1 is 1.37 bits per heavy atom. The van der Waals surface area contributed by atoms with Gasteiger partial charge in [0.25, 0.3) is 0 Å². The van der Waals surface area contributed by atoms with Crippen LogP contribution in [-0.2, 0) is 4.79 Å². The van der Waals surface area contributed by atoms with Gasteiger partial charge in [0.15, 0.2) is 5.82 Å². The van der Waals surface area contributed by atoms with Crippen molar-refractivity contribution < 1.29 is 22.8 Å². The fourth-order valence-corrected chi connectivity index (χ4v) is 2.74. The van der Waals surface area contributed by atoms with Crippen LogP contribution in [0.3, 0.4) is 0 Å². The quantitative estimate of drug-likeness (QED) is 0.461. The summed E-state index contributed by atoms with van der Waals surface area (Å²) < 4.78 is 34.8. The van der Waals surface area contributed by atoms with Crippen LogP contribution in [0.15, 0.2) is 40.0 Å². The summed E-state index contributed by atoms with van der Waals surface area (Å²) in [7, 11) is 0. The van der Waals surface area contributed by atoms with E-state index in [0.29, 0.717) is 22.2 Å². The normalized spacial score (nSPS) is 11.0. The Balaban J connectivity index is 1.62. The Morgan fingerprint density at radius 3 is 2.74 bits per heavy atom. The van der Waals surface area contributed by atoms with Gasteiger partial charge in [-0.2, -0.15) is 8.78 Å². The number of carbonyl (C=O) groups excluding carboxylic acids is 1. The molecule has 0 aliphatic carbocycles. The smallest absolute Gasteiger partial charge is 0.387 e. The van der Waals surface area contributed by atoms with Crippen molar-refractivity contribution in [3.63, 3.8) is 0 Å². The van der Waals surface area contributed by atoms with Crippen molar-refractivity contribution in [1.29, 1.82) is 0 Å². The Morgan fingerprint density at radius 2 is 2.11 bits per heavy atom. The number of hydrogen-bond acceptors (Lipinski definition) is 8. The number of amides is 1. The summed E-state index contributed by atoms with van der Waals surface area (Å²) in [5.41, 5.74) is 1.20. The molecule has 1 aromatic carbocycles. The number of halogens is 2. The van der Waals surface area contributed by atoms with Gasteiger partial charge < -0.3 is 15.1 Å². The van der Waals surface area contributed by atoms with Crippen molar-refractivity contribution >= 4 is 23.6 Å². The number of nitrogens with zero attached hydrogens (tertiary/aromatic N) is 4. The third-order valence-electron chi connectivity index (χ3n) is 3.23. The van der Waals surface area contributed by atoms with E-state index in [0.717, 1.165) is 11.8 Å². The number of alkyl halides is 2. The van der Waals surface area contributed by atoms with E-state index in [-0.39, 0.29) is 23.3 Å². The molecule has 0 unspecified atom stereocenters. The summed E-state index contributed by atoms with van der Waals surface area (Å²) in [5, 5.41) is 14.4. The molecule has 27 heavy (non-hydrogen) atoms. The molecule has 3 N–H and O–H groups in total. The van der Waals surface area contributed by atoms with Crippen LogP contribution in [0.2, 0.25) is 0 Å². The maximum absolute atomic E-state index is 12.2. The first kappa shape index (κ1) is 18.6. The molecule has 0 atom stereocenters. The van der Waals surface area contributed by atoms with E-state index in [1.54, 1.807) is 13.0 Å². The predicted octanol–water partition coefficient (Wildman–Crippen LogP) is 2.29. The van der Waals surface area contributed by atoms with Crippen molar-refractivity contribution in [2.24, 2.45) is 0 Å². The minimum absolute atomic E-state index is 0.0192. The summed E-state index contributed by atoms with van der Waals surface area (Å²) in [6, 6.07) is 7.39. The zero-order chi connectivity index (χ0) is 19.4. The number of carbonyl (C=O) groups is 1. The van der Waals surface area contributed by atoms with Gasteiger partial charge in [0.05, 0.1) is 11.4 Å². The van der Waals surface area contributed by atoms with Gasteiger partial charge in [0.1, 0.15) is 5.75 Å². The van der Waals surface area contributed by atoms with Crippen LogP contribution >= 0.6 is 11.8 Å². The van der Waals surface area contributed by atoms with E-state index in [4.69, 9.17) is 10.4 Å².